The number of aryl methyl sites for hydroxylation is 1. The lowest BCUT2D eigenvalue weighted by Crippen LogP contribution is -2.29. The molecule has 0 aromatic heterocycles. The van der Waals surface area contributed by atoms with Gasteiger partial charge in [0.15, 0.2) is 5.11 Å². The molecule has 26 heavy (non-hydrogen) atoms. The van der Waals surface area contributed by atoms with Crippen LogP contribution in [0.15, 0.2) is 48.5 Å². The van der Waals surface area contributed by atoms with Crippen molar-refractivity contribution in [2.45, 2.75) is 44.6 Å². The highest BCUT2D eigenvalue weighted by Crippen LogP contribution is 2.25. The molecular weight excluding hydrogens is 364 g/mol. The fraction of sp³-hybridized carbons (Fsp3) is 0.381. The Balaban J connectivity index is 1.35. The Kier molecular flexibility index (Phi) is 7.15. The molecule has 2 N–H and O–H groups in total. The topological polar surface area (TPSA) is 33.3 Å². The van der Waals surface area contributed by atoms with Gasteiger partial charge in [-0.05, 0) is 92.7 Å². The van der Waals surface area contributed by atoms with Gasteiger partial charge in [0.2, 0.25) is 0 Å². The minimum atomic E-state index is 0.386. The van der Waals surface area contributed by atoms with Gasteiger partial charge in [-0.2, -0.15) is 0 Å². The van der Waals surface area contributed by atoms with E-state index in [-0.39, 0.29) is 0 Å². The summed E-state index contributed by atoms with van der Waals surface area (Å²) in [6.45, 7) is 0.831. The third-order valence-electron chi connectivity index (χ3n) is 4.56. The summed E-state index contributed by atoms with van der Waals surface area (Å²) in [5.74, 6) is 0.935. The van der Waals surface area contributed by atoms with Gasteiger partial charge in [-0.25, -0.2) is 0 Å². The first kappa shape index (κ1) is 19.0. The van der Waals surface area contributed by atoms with Crippen LogP contribution in [0.2, 0.25) is 5.02 Å². The van der Waals surface area contributed by atoms with E-state index in [2.05, 4.69) is 22.8 Å². The van der Waals surface area contributed by atoms with E-state index in [1.54, 1.807) is 0 Å². The summed E-state index contributed by atoms with van der Waals surface area (Å²) in [4.78, 5) is 0. The third-order valence-corrected chi connectivity index (χ3v) is 5.06. The molecule has 3 rings (SSSR count). The molecule has 1 aliphatic rings. The quantitative estimate of drug-likeness (QED) is 0.479. The normalized spacial score (nSPS) is 14.2. The molecule has 138 valence electrons. The van der Waals surface area contributed by atoms with Crippen LogP contribution in [-0.4, -0.2) is 17.8 Å². The van der Waals surface area contributed by atoms with Crippen molar-refractivity contribution in [2.24, 2.45) is 0 Å². The maximum absolute atomic E-state index is 5.98. The largest absolute Gasteiger partial charge is 0.490 e. The van der Waals surface area contributed by atoms with Crippen LogP contribution in [0.1, 0.15) is 37.7 Å². The maximum atomic E-state index is 5.98. The Bertz CT molecular complexity index is 697. The highest BCUT2D eigenvalue weighted by Gasteiger charge is 2.16. The molecule has 2 aromatic rings. The van der Waals surface area contributed by atoms with Gasteiger partial charge in [0.25, 0.3) is 0 Å². The molecule has 0 saturated heterocycles. The van der Waals surface area contributed by atoms with E-state index in [0.29, 0.717) is 11.2 Å². The molecule has 0 bridgehead atoms. The summed E-state index contributed by atoms with van der Waals surface area (Å²) in [6, 6.07) is 16.0. The fourth-order valence-electron chi connectivity index (χ4n) is 3.14. The summed E-state index contributed by atoms with van der Waals surface area (Å²) < 4.78 is 5.98. The summed E-state index contributed by atoms with van der Waals surface area (Å²) in [5, 5.41) is 7.88. The summed E-state index contributed by atoms with van der Waals surface area (Å²) in [7, 11) is 0. The predicted molar refractivity (Wildman–Crippen MR) is 113 cm³/mol. The number of nitrogens with one attached hydrogen (secondary N) is 2. The summed E-state index contributed by atoms with van der Waals surface area (Å²) >= 11 is 11.3. The van der Waals surface area contributed by atoms with Crippen molar-refractivity contribution in [2.75, 3.05) is 11.9 Å². The van der Waals surface area contributed by atoms with Gasteiger partial charge in [0.1, 0.15) is 5.75 Å². The first-order valence-corrected chi connectivity index (χ1v) is 10.0. The van der Waals surface area contributed by atoms with Crippen molar-refractivity contribution in [1.29, 1.82) is 0 Å². The number of hydrogen-bond acceptors (Lipinski definition) is 2. The zero-order valence-electron chi connectivity index (χ0n) is 14.8. The number of rotatable bonds is 7. The standard InChI is InChI=1S/C21H25ClN2OS/c22-17-9-7-16(8-10-17)4-3-15-23-21(26)24-18-11-13-20(14-12-18)25-19-5-1-2-6-19/h7-14,19H,1-6,15H2,(H2,23,24,26). The van der Waals surface area contributed by atoms with Crippen LogP contribution in [0.3, 0.4) is 0 Å². The van der Waals surface area contributed by atoms with Gasteiger partial charge in [0, 0.05) is 17.3 Å². The number of hydrogen-bond donors (Lipinski definition) is 2. The molecule has 0 aliphatic heterocycles. The molecule has 5 heteroatoms. The summed E-state index contributed by atoms with van der Waals surface area (Å²) in [5.41, 5.74) is 2.26. The van der Waals surface area contributed by atoms with Crippen LogP contribution in [-0.2, 0) is 6.42 Å². The lowest BCUT2D eigenvalue weighted by Gasteiger charge is -2.14. The lowest BCUT2D eigenvalue weighted by atomic mass is 10.1. The lowest BCUT2D eigenvalue weighted by molar-refractivity contribution is 0.210. The minimum absolute atomic E-state index is 0.386. The second kappa shape index (κ2) is 9.79. The number of benzene rings is 2. The maximum Gasteiger partial charge on any atom is 0.170 e. The molecule has 0 atom stereocenters. The number of anilines is 1. The number of thiocarbonyl (C=S) groups is 1. The van der Waals surface area contributed by atoms with Crippen LogP contribution in [0.5, 0.6) is 5.75 Å². The van der Waals surface area contributed by atoms with Crippen molar-refractivity contribution >= 4 is 34.6 Å². The number of ether oxygens (including phenoxy) is 1. The molecule has 0 unspecified atom stereocenters. The van der Waals surface area contributed by atoms with Crippen LogP contribution >= 0.6 is 23.8 Å². The highest BCUT2D eigenvalue weighted by molar-refractivity contribution is 7.80. The number of halogens is 1. The molecule has 3 nitrogen and oxygen atoms in total. The Hall–Kier alpha value is -1.78. The van der Waals surface area contributed by atoms with Crippen LogP contribution < -0.4 is 15.4 Å². The Morgan fingerprint density at radius 1 is 1.04 bits per heavy atom. The molecule has 0 spiro atoms. The monoisotopic (exact) mass is 388 g/mol. The van der Waals surface area contributed by atoms with Gasteiger partial charge in [-0.15, -0.1) is 0 Å². The van der Waals surface area contributed by atoms with Gasteiger partial charge >= 0.3 is 0 Å². The van der Waals surface area contributed by atoms with Crippen molar-refractivity contribution in [3.63, 3.8) is 0 Å². The minimum Gasteiger partial charge on any atom is -0.490 e. The molecular formula is C21H25ClN2OS. The van der Waals surface area contributed by atoms with Crippen LogP contribution in [0.4, 0.5) is 5.69 Å². The average Bonchev–Trinajstić information content (AvgIpc) is 3.15. The molecule has 0 heterocycles. The first-order valence-electron chi connectivity index (χ1n) is 9.25. The van der Waals surface area contributed by atoms with E-state index in [4.69, 9.17) is 28.6 Å². The molecule has 0 radical (unpaired) electrons. The van der Waals surface area contributed by atoms with Gasteiger partial charge in [-0.1, -0.05) is 23.7 Å². The Morgan fingerprint density at radius 2 is 1.73 bits per heavy atom. The zero-order valence-corrected chi connectivity index (χ0v) is 16.4. The van der Waals surface area contributed by atoms with E-state index < -0.39 is 0 Å². The molecule has 1 saturated carbocycles. The zero-order chi connectivity index (χ0) is 18.2. The Morgan fingerprint density at radius 3 is 2.42 bits per heavy atom. The van der Waals surface area contributed by atoms with E-state index >= 15 is 0 Å². The van der Waals surface area contributed by atoms with Crippen molar-refractivity contribution in [3.05, 3.63) is 59.1 Å². The van der Waals surface area contributed by atoms with E-state index in [9.17, 15) is 0 Å². The third kappa shape index (κ3) is 6.19. The molecule has 0 amide bonds. The fourth-order valence-corrected chi connectivity index (χ4v) is 3.48. The van der Waals surface area contributed by atoms with E-state index in [1.165, 1.54) is 31.2 Å². The van der Waals surface area contributed by atoms with Crippen molar-refractivity contribution in [1.82, 2.24) is 5.32 Å². The second-order valence-corrected chi connectivity index (χ2v) is 7.50. The predicted octanol–water partition coefficient (Wildman–Crippen LogP) is 5.58. The van der Waals surface area contributed by atoms with Gasteiger partial charge in [-0.3, -0.25) is 0 Å². The van der Waals surface area contributed by atoms with Gasteiger partial charge in [0.05, 0.1) is 6.10 Å². The van der Waals surface area contributed by atoms with Gasteiger partial charge < -0.3 is 15.4 Å². The first-order chi connectivity index (χ1) is 12.7. The van der Waals surface area contributed by atoms with Crippen molar-refractivity contribution in [3.8, 4) is 5.75 Å². The highest BCUT2D eigenvalue weighted by atomic mass is 35.5. The Labute approximate surface area is 166 Å². The average molecular weight is 389 g/mol. The molecule has 1 aliphatic carbocycles. The SMILES string of the molecule is S=C(NCCCc1ccc(Cl)cc1)Nc1ccc(OC2CCCC2)cc1. The van der Waals surface area contributed by atoms with Crippen molar-refractivity contribution < 1.29 is 4.74 Å². The van der Waals surface area contributed by atoms with E-state index in [1.807, 2.05) is 36.4 Å². The summed E-state index contributed by atoms with van der Waals surface area (Å²) in [6.07, 6.45) is 7.30. The van der Waals surface area contributed by atoms with Crippen LogP contribution in [0, 0.1) is 0 Å². The smallest absolute Gasteiger partial charge is 0.170 e. The second-order valence-electron chi connectivity index (χ2n) is 6.66. The van der Waals surface area contributed by atoms with E-state index in [0.717, 1.165) is 35.8 Å². The molecule has 1 fully saturated rings. The van der Waals surface area contributed by atoms with Crippen LogP contribution in [0.25, 0.3) is 0 Å². The molecule has 2 aromatic carbocycles.